The Labute approximate surface area is 88.4 Å². The molecule has 1 saturated heterocycles. The molecule has 0 saturated carbocycles. The lowest BCUT2D eigenvalue weighted by Gasteiger charge is -2.32. The Morgan fingerprint density at radius 1 is 1.53 bits per heavy atom. The first-order chi connectivity index (χ1) is 7.08. The van der Waals surface area contributed by atoms with Crippen LogP contribution in [-0.4, -0.2) is 54.1 Å². The second kappa shape index (κ2) is 5.41. The Balaban J connectivity index is 2.37. The first kappa shape index (κ1) is 12.4. The van der Waals surface area contributed by atoms with Crippen molar-refractivity contribution in [2.24, 2.45) is 5.73 Å². The molecule has 1 heterocycles. The zero-order chi connectivity index (χ0) is 11.3. The molecule has 0 radical (unpaired) electrons. The quantitative estimate of drug-likeness (QED) is 0.435. The minimum atomic E-state index is -0.933. The third-order valence-electron chi connectivity index (χ3n) is 2.55. The molecule has 1 atom stereocenters. The number of carbonyl (C=O) groups is 1. The van der Waals surface area contributed by atoms with Crippen LogP contribution in [0.25, 0.3) is 0 Å². The number of ether oxygens (including phenoxy) is 1. The van der Waals surface area contributed by atoms with Crippen LogP contribution in [-0.2, 0) is 9.53 Å². The van der Waals surface area contributed by atoms with Gasteiger partial charge in [-0.3, -0.25) is 4.79 Å². The highest BCUT2D eigenvalue weighted by Crippen LogP contribution is 2.17. The van der Waals surface area contributed by atoms with Crippen molar-refractivity contribution in [3.8, 4) is 0 Å². The molecular formula is C9H18N2O4. The summed E-state index contributed by atoms with van der Waals surface area (Å²) in [7, 11) is 0. The van der Waals surface area contributed by atoms with Gasteiger partial charge in [0.1, 0.15) is 0 Å². The van der Waals surface area contributed by atoms with E-state index in [9.17, 15) is 4.79 Å². The number of amides is 1. The van der Waals surface area contributed by atoms with Crippen LogP contribution in [0.4, 0.5) is 0 Å². The minimum Gasteiger partial charge on any atom is -0.394 e. The van der Waals surface area contributed by atoms with Crippen molar-refractivity contribution in [2.75, 3.05) is 26.4 Å². The molecule has 0 aromatic heterocycles. The largest absolute Gasteiger partial charge is 0.394 e. The summed E-state index contributed by atoms with van der Waals surface area (Å²) in [5, 5.41) is 20.1. The standard InChI is InChI=1S/C9H18N2O4/c10-9(1-3-15-4-2-9)8(14)11-5-7(13)6-12/h7,12-13H,1-6,10H2,(H,11,14). The number of nitrogens with one attached hydrogen (secondary N) is 1. The SMILES string of the molecule is NC1(C(=O)NCC(O)CO)CCOCC1. The van der Waals surface area contributed by atoms with Gasteiger partial charge < -0.3 is 26.0 Å². The summed E-state index contributed by atoms with van der Waals surface area (Å²) in [6.45, 7) is 0.606. The van der Waals surface area contributed by atoms with Crippen LogP contribution < -0.4 is 11.1 Å². The normalized spacial score (nSPS) is 22.1. The summed E-state index contributed by atoms with van der Waals surface area (Å²) in [5.74, 6) is -0.293. The first-order valence-corrected chi connectivity index (χ1v) is 5.02. The first-order valence-electron chi connectivity index (χ1n) is 5.02. The highest BCUT2D eigenvalue weighted by molar-refractivity contribution is 5.86. The van der Waals surface area contributed by atoms with Crippen molar-refractivity contribution < 1.29 is 19.7 Å². The van der Waals surface area contributed by atoms with Crippen molar-refractivity contribution in [3.63, 3.8) is 0 Å². The molecule has 88 valence electrons. The molecule has 1 rings (SSSR count). The average Bonchev–Trinajstić information content (AvgIpc) is 2.26. The molecule has 6 nitrogen and oxygen atoms in total. The Morgan fingerprint density at radius 3 is 2.67 bits per heavy atom. The second-order valence-electron chi connectivity index (χ2n) is 3.81. The molecule has 1 amide bonds. The van der Waals surface area contributed by atoms with Gasteiger partial charge in [0.15, 0.2) is 0 Å². The van der Waals surface area contributed by atoms with Gasteiger partial charge in [0.05, 0.1) is 18.2 Å². The minimum absolute atomic E-state index is 0.0230. The summed E-state index contributed by atoms with van der Waals surface area (Å²) in [4.78, 5) is 11.7. The fraction of sp³-hybridized carbons (Fsp3) is 0.889. The Bertz CT molecular complexity index is 216. The second-order valence-corrected chi connectivity index (χ2v) is 3.81. The molecule has 0 bridgehead atoms. The molecule has 0 spiro atoms. The number of nitrogens with two attached hydrogens (primary N) is 1. The Morgan fingerprint density at radius 2 is 2.13 bits per heavy atom. The molecule has 1 aliphatic heterocycles. The highest BCUT2D eigenvalue weighted by Gasteiger charge is 2.35. The maximum Gasteiger partial charge on any atom is 0.240 e. The van der Waals surface area contributed by atoms with Gasteiger partial charge in [-0.2, -0.15) is 0 Å². The predicted octanol–water partition coefficient (Wildman–Crippen LogP) is -2.04. The van der Waals surface area contributed by atoms with Crippen LogP contribution in [0.2, 0.25) is 0 Å². The van der Waals surface area contributed by atoms with E-state index in [0.717, 1.165) is 0 Å². The fourth-order valence-electron chi connectivity index (χ4n) is 1.41. The van der Waals surface area contributed by atoms with E-state index in [2.05, 4.69) is 5.32 Å². The number of rotatable bonds is 4. The Kier molecular flexibility index (Phi) is 4.46. The zero-order valence-corrected chi connectivity index (χ0v) is 8.61. The van der Waals surface area contributed by atoms with E-state index in [0.29, 0.717) is 26.1 Å². The lowest BCUT2D eigenvalue weighted by Crippen LogP contribution is -2.57. The third-order valence-corrected chi connectivity index (χ3v) is 2.55. The maximum absolute atomic E-state index is 11.7. The molecular weight excluding hydrogens is 200 g/mol. The summed E-state index contributed by atoms with van der Waals surface area (Å²) < 4.78 is 5.11. The van der Waals surface area contributed by atoms with Crippen molar-refractivity contribution in [1.29, 1.82) is 0 Å². The summed E-state index contributed by atoms with van der Waals surface area (Å²) in [5.41, 5.74) is 5.00. The average molecular weight is 218 g/mol. The lowest BCUT2D eigenvalue weighted by molar-refractivity contribution is -0.130. The molecule has 1 fully saturated rings. The van der Waals surface area contributed by atoms with Crippen LogP contribution in [0, 0.1) is 0 Å². The van der Waals surface area contributed by atoms with Crippen LogP contribution >= 0.6 is 0 Å². The lowest BCUT2D eigenvalue weighted by atomic mass is 9.90. The molecule has 0 aromatic carbocycles. The highest BCUT2D eigenvalue weighted by atomic mass is 16.5. The van der Waals surface area contributed by atoms with Crippen molar-refractivity contribution >= 4 is 5.91 Å². The fourth-order valence-corrected chi connectivity index (χ4v) is 1.41. The maximum atomic E-state index is 11.7. The van der Waals surface area contributed by atoms with E-state index in [1.54, 1.807) is 0 Å². The van der Waals surface area contributed by atoms with Gasteiger partial charge in [0, 0.05) is 19.8 Å². The molecule has 6 heteroatoms. The molecule has 1 aliphatic rings. The van der Waals surface area contributed by atoms with Crippen LogP contribution in [0.5, 0.6) is 0 Å². The van der Waals surface area contributed by atoms with Crippen molar-refractivity contribution in [1.82, 2.24) is 5.32 Å². The van der Waals surface area contributed by atoms with Gasteiger partial charge in [-0.1, -0.05) is 0 Å². The number of hydrogen-bond donors (Lipinski definition) is 4. The molecule has 15 heavy (non-hydrogen) atoms. The Hall–Kier alpha value is -0.690. The molecule has 0 aromatic rings. The van der Waals surface area contributed by atoms with Gasteiger partial charge in [-0.15, -0.1) is 0 Å². The molecule has 5 N–H and O–H groups in total. The van der Waals surface area contributed by atoms with Gasteiger partial charge in [-0.05, 0) is 12.8 Å². The zero-order valence-electron chi connectivity index (χ0n) is 8.61. The van der Waals surface area contributed by atoms with Gasteiger partial charge >= 0.3 is 0 Å². The van der Waals surface area contributed by atoms with E-state index >= 15 is 0 Å². The van der Waals surface area contributed by atoms with Gasteiger partial charge in [0.25, 0.3) is 0 Å². The number of hydrogen-bond acceptors (Lipinski definition) is 5. The smallest absolute Gasteiger partial charge is 0.240 e. The van der Waals surface area contributed by atoms with E-state index in [1.807, 2.05) is 0 Å². The molecule has 0 aliphatic carbocycles. The van der Waals surface area contributed by atoms with E-state index in [4.69, 9.17) is 20.7 Å². The van der Waals surface area contributed by atoms with Crippen LogP contribution in [0.3, 0.4) is 0 Å². The van der Waals surface area contributed by atoms with Crippen molar-refractivity contribution in [2.45, 2.75) is 24.5 Å². The monoisotopic (exact) mass is 218 g/mol. The van der Waals surface area contributed by atoms with Gasteiger partial charge in [-0.25, -0.2) is 0 Å². The van der Waals surface area contributed by atoms with Crippen LogP contribution in [0.1, 0.15) is 12.8 Å². The summed E-state index contributed by atoms with van der Waals surface area (Å²) >= 11 is 0. The molecule has 1 unspecified atom stereocenters. The number of aliphatic hydroxyl groups excluding tert-OH is 2. The number of carbonyl (C=O) groups excluding carboxylic acids is 1. The number of aliphatic hydroxyl groups is 2. The van der Waals surface area contributed by atoms with Gasteiger partial charge in [0.2, 0.25) is 5.91 Å². The third kappa shape index (κ3) is 3.42. The van der Waals surface area contributed by atoms with E-state index in [-0.39, 0.29) is 19.1 Å². The van der Waals surface area contributed by atoms with Crippen molar-refractivity contribution in [3.05, 3.63) is 0 Å². The summed E-state index contributed by atoms with van der Waals surface area (Å²) in [6, 6.07) is 0. The van der Waals surface area contributed by atoms with E-state index < -0.39 is 11.6 Å². The van der Waals surface area contributed by atoms with Crippen LogP contribution in [0.15, 0.2) is 0 Å². The predicted molar refractivity (Wildman–Crippen MR) is 53.1 cm³/mol. The topological polar surface area (TPSA) is 105 Å². The summed E-state index contributed by atoms with van der Waals surface area (Å²) in [6.07, 6.45) is 0.0275. The van der Waals surface area contributed by atoms with E-state index in [1.165, 1.54) is 0 Å².